The van der Waals surface area contributed by atoms with Gasteiger partial charge >= 0.3 is 0 Å². The first-order valence-corrected chi connectivity index (χ1v) is 5.59. The second-order valence-corrected chi connectivity index (χ2v) is 4.61. The van der Waals surface area contributed by atoms with Gasteiger partial charge in [-0.3, -0.25) is 14.5 Å². The fraction of sp³-hybridized carbons (Fsp3) is 0.636. The summed E-state index contributed by atoms with van der Waals surface area (Å²) in [6.45, 7) is -0.548. The van der Waals surface area contributed by atoms with Crippen molar-refractivity contribution in [1.82, 2.24) is 4.90 Å². The molecule has 0 saturated carbocycles. The van der Waals surface area contributed by atoms with Crippen LogP contribution in [0.4, 0.5) is 0 Å². The monoisotopic (exact) mass is 239 g/mol. The van der Waals surface area contributed by atoms with Crippen molar-refractivity contribution in [2.24, 2.45) is 11.8 Å². The number of carbonyl (C=O) groups excluding carboxylic acids is 2. The first kappa shape index (κ1) is 10.9. The minimum absolute atomic E-state index is 0.0128. The average Bonchev–Trinajstić information content (AvgIpc) is 2.96. The normalized spacial score (nSPS) is 42.7. The third-order valence-electron chi connectivity index (χ3n) is 3.82. The highest BCUT2D eigenvalue weighted by Crippen LogP contribution is 2.51. The number of fused-ring (bicyclic) bond motifs is 5. The molecule has 0 unspecified atom stereocenters. The standard InChI is InChI=1S/C11H13NO5/c13-4-3-12-9(15)7-6-1-2-11(5-14,17-6)8(7)10(12)16/h1-2,6-8,13-14H,3-5H2/t6-,7-,8-,11+/m1/s1. The fourth-order valence-electron chi connectivity index (χ4n) is 3.06. The molecule has 17 heavy (non-hydrogen) atoms. The van der Waals surface area contributed by atoms with Gasteiger partial charge in [-0.2, -0.15) is 0 Å². The summed E-state index contributed by atoms with van der Waals surface area (Å²) in [4.78, 5) is 25.2. The van der Waals surface area contributed by atoms with Crippen LogP contribution in [-0.2, 0) is 14.3 Å². The molecule has 0 spiro atoms. The zero-order valence-electron chi connectivity index (χ0n) is 9.07. The van der Waals surface area contributed by atoms with E-state index in [1.54, 1.807) is 12.2 Å². The largest absolute Gasteiger partial charge is 0.395 e. The van der Waals surface area contributed by atoms with Crippen LogP contribution in [0.2, 0.25) is 0 Å². The molecule has 2 fully saturated rings. The van der Waals surface area contributed by atoms with Gasteiger partial charge in [0.15, 0.2) is 0 Å². The van der Waals surface area contributed by atoms with Crippen molar-refractivity contribution in [3.05, 3.63) is 12.2 Å². The molecule has 92 valence electrons. The summed E-state index contributed by atoms with van der Waals surface area (Å²) in [5.74, 6) is -1.83. The predicted octanol–water partition coefficient (Wildman–Crippen LogP) is -1.72. The van der Waals surface area contributed by atoms with E-state index in [-0.39, 0.29) is 31.6 Å². The van der Waals surface area contributed by atoms with Gasteiger partial charge in [0.1, 0.15) is 5.60 Å². The molecule has 0 radical (unpaired) electrons. The van der Waals surface area contributed by atoms with E-state index in [0.29, 0.717) is 0 Å². The summed E-state index contributed by atoms with van der Waals surface area (Å²) in [6, 6.07) is 0. The number of likely N-dealkylation sites (tertiary alicyclic amines) is 1. The van der Waals surface area contributed by atoms with E-state index >= 15 is 0 Å². The van der Waals surface area contributed by atoms with Crippen molar-refractivity contribution < 1.29 is 24.5 Å². The topological polar surface area (TPSA) is 87.1 Å². The molecule has 2 amide bonds. The Balaban J connectivity index is 1.99. The second kappa shape index (κ2) is 3.38. The van der Waals surface area contributed by atoms with Crippen LogP contribution in [0.1, 0.15) is 0 Å². The highest BCUT2D eigenvalue weighted by atomic mass is 16.5. The summed E-state index contributed by atoms with van der Waals surface area (Å²) in [7, 11) is 0. The maximum atomic E-state index is 12.1. The molecule has 0 aromatic carbocycles. The summed E-state index contributed by atoms with van der Waals surface area (Å²) in [6.07, 6.45) is 2.98. The number of ether oxygens (including phenoxy) is 1. The van der Waals surface area contributed by atoms with Gasteiger partial charge < -0.3 is 14.9 Å². The van der Waals surface area contributed by atoms with E-state index < -0.39 is 23.5 Å². The van der Waals surface area contributed by atoms with Crippen LogP contribution in [0, 0.1) is 11.8 Å². The third kappa shape index (κ3) is 1.15. The van der Waals surface area contributed by atoms with Crippen LogP contribution in [0.3, 0.4) is 0 Å². The summed E-state index contributed by atoms with van der Waals surface area (Å²) < 4.78 is 5.55. The molecule has 3 rings (SSSR count). The first-order valence-electron chi connectivity index (χ1n) is 5.59. The molecule has 6 nitrogen and oxygen atoms in total. The maximum Gasteiger partial charge on any atom is 0.236 e. The Morgan fingerprint density at radius 1 is 1.35 bits per heavy atom. The molecule has 0 aromatic heterocycles. The molecule has 0 aliphatic carbocycles. The summed E-state index contributed by atoms with van der Waals surface area (Å²) >= 11 is 0. The number of aliphatic hydroxyl groups excluding tert-OH is 2. The van der Waals surface area contributed by atoms with Crippen molar-refractivity contribution in [3.63, 3.8) is 0 Å². The van der Waals surface area contributed by atoms with Crippen LogP contribution in [0.25, 0.3) is 0 Å². The molecule has 2 N–H and O–H groups in total. The summed E-state index contributed by atoms with van der Waals surface area (Å²) in [5, 5.41) is 18.3. The van der Waals surface area contributed by atoms with Crippen LogP contribution in [0.5, 0.6) is 0 Å². The number of imide groups is 1. The zero-order valence-corrected chi connectivity index (χ0v) is 9.07. The molecule has 3 aliphatic heterocycles. The van der Waals surface area contributed by atoms with Gasteiger partial charge in [-0.15, -0.1) is 0 Å². The minimum Gasteiger partial charge on any atom is -0.395 e. The number of amides is 2. The Morgan fingerprint density at radius 2 is 2.12 bits per heavy atom. The van der Waals surface area contributed by atoms with Crippen LogP contribution in [-0.4, -0.2) is 58.4 Å². The van der Waals surface area contributed by atoms with Crippen molar-refractivity contribution in [3.8, 4) is 0 Å². The Labute approximate surface area is 97.5 Å². The van der Waals surface area contributed by atoms with E-state index in [2.05, 4.69) is 0 Å². The van der Waals surface area contributed by atoms with Gasteiger partial charge in [-0.05, 0) is 0 Å². The van der Waals surface area contributed by atoms with Crippen LogP contribution in [0.15, 0.2) is 12.2 Å². The van der Waals surface area contributed by atoms with Crippen molar-refractivity contribution in [2.45, 2.75) is 11.7 Å². The number of rotatable bonds is 3. The van der Waals surface area contributed by atoms with E-state index in [0.717, 1.165) is 4.90 Å². The van der Waals surface area contributed by atoms with Crippen molar-refractivity contribution >= 4 is 11.8 Å². The van der Waals surface area contributed by atoms with Gasteiger partial charge in [-0.1, -0.05) is 12.2 Å². The third-order valence-corrected chi connectivity index (χ3v) is 3.82. The lowest BCUT2D eigenvalue weighted by Gasteiger charge is -2.26. The quantitative estimate of drug-likeness (QED) is 0.452. The molecular weight excluding hydrogens is 226 g/mol. The number of aliphatic hydroxyl groups is 2. The molecule has 2 bridgehead atoms. The van der Waals surface area contributed by atoms with Crippen LogP contribution >= 0.6 is 0 Å². The smallest absolute Gasteiger partial charge is 0.236 e. The lowest BCUT2D eigenvalue weighted by Crippen LogP contribution is -2.43. The zero-order chi connectivity index (χ0) is 12.2. The first-order chi connectivity index (χ1) is 8.14. The number of β-amino-alcohol motifs (C(OH)–C–C–N with tert-alkyl or cyclic N) is 1. The van der Waals surface area contributed by atoms with Crippen molar-refractivity contribution in [2.75, 3.05) is 19.8 Å². The number of carbonyl (C=O) groups is 2. The maximum absolute atomic E-state index is 12.1. The second-order valence-electron chi connectivity index (χ2n) is 4.61. The van der Waals surface area contributed by atoms with Gasteiger partial charge in [0.25, 0.3) is 0 Å². The van der Waals surface area contributed by atoms with Crippen LogP contribution < -0.4 is 0 Å². The van der Waals surface area contributed by atoms with Gasteiger partial charge in [0.05, 0.1) is 37.7 Å². The molecule has 6 heteroatoms. The van der Waals surface area contributed by atoms with E-state index in [1.807, 2.05) is 0 Å². The van der Waals surface area contributed by atoms with Gasteiger partial charge in [0.2, 0.25) is 11.8 Å². The van der Waals surface area contributed by atoms with Gasteiger partial charge in [0, 0.05) is 0 Å². The number of hydrogen-bond donors (Lipinski definition) is 2. The Morgan fingerprint density at radius 3 is 2.76 bits per heavy atom. The Hall–Kier alpha value is -1.24. The highest BCUT2D eigenvalue weighted by Gasteiger charge is 2.67. The Bertz CT molecular complexity index is 420. The lowest BCUT2D eigenvalue weighted by molar-refractivity contribution is -0.145. The average molecular weight is 239 g/mol. The number of hydrogen-bond acceptors (Lipinski definition) is 5. The predicted molar refractivity (Wildman–Crippen MR) is 54.6 cm³/mol. The fourth-order valence-corrected chi connectivity index (χ4v) is 3.06. The van der Waals surface area contributed by atoms with Crippen molar-refractivity contribution in [1.29, 1.82) is 0 Å². The van der Waals surface area contributed by atoms with E-state index in [1.165, 1.54) is 0 Å². The minimum atomic E-state index is -1.04. The molecule has 2 saturated heterocycles. The highest BCUT2D eigenvalue weighted by molar-refractivity contribution is 6.07. The molecule has 4 atom stereocenters. The van der Waals surface area contributed by atoms with E-state index in [4.69, 9.17) is 9.84 Å². The summed E-state index contributed by atoms with van der Waals surface area (Å²) in [5.41, 5.74) is -1.04. The molecule has 3 heterocycles. The Kier molecular flexibility index (Phi) is 2.16. The van der Waals surface area contributed by atoms with E-state index in [9.17, 15) is 14.7 Å². The molecule has 3 aliphatic rings. The SMILES string of the molecule is O=C1[C@@H]2[C@H]3C=C[C@@](CO)(O3)[C@H]2C(=O)N1CCO. The number of nitrogens with zero attached hydrogens (tertiary/aromatic N) is 1. The molecule has 0 aromatic rings. The molecular formula is C11H13NO5. The lowest BCUT2D eigenvalue weighted by atomic mass is 9.77. The van der Waals surface area contributed by atoms with Gasteiger partial charge in [-0.25, -0.2) is 0 Å².